The Morgan fingerprint density at radius 3 is 2.48 bits per heavy atom. The summed E-state index contributed by atoms with van der Waals surface area (Å²) in [5.41, 5.74) is 1.82. The van der Waals surface area contributed by atoms with E-state index in [1.165, 1.54) is 5.56 Å². The quantitative estimate of drug-likeness (QED) is 0.933. The van der Waals surface area contributed by atoms with Gasteiger partial charge in [0.1, 0.15) is 0 Å². The third-order valence-corrected chi connectivity index (χ3v) is 5.65. The van der Waals surface area contributed by atoms with Crippen molar-refractivity contribution >= 4 is 11.9 Å². The lowest BCUT2D eigenvalue weighted by molar-refractivity contribution is -0.142. The first-order valence-corrected chi connectivity index (χ1v) is 8.53. The van der Waals surface area contributed by atoms with Crippen LogP contribution in [0.3, 0.4) is 0 Å². The van der Waals surface area contributed by atoms with Crippen molar-refractivity contribution in [2.24, 2.45) is 11.8 Å². The number of carboxylic acid groups (broad SMARTS) is 1. The molecule has 3 rings (SSSR count). The largest absolute Gasteiger partial charge is 0.481 e. The zero-order valence-electron chi connectivity index (χ0n) is 13.9. The van der Waals surface area contributed by atoms with Gasteiger partial charge in [-0.25, -0.2) is 0 Å². The number of hydrogen-bond donors (Lipinski definition) is 1. The van der Waals surface area contributed by atoms with Gasteiger partial charge < -0.3 is 10.0 Å². The van der Waals surface area contributed by atoms with Crippen molar-refractivity contribution in [2.75, 3.05) is 13.1 Å². The molecule has 1 aromatic carbocycles. The summed E-state index contributed by atoms with van der Waals surface area (Å²) < 4.78 is 0. The van der Waals surface area contributed by atoms with Crippen LogP contribution >= 0.6 is 0 Å². The number of carboxylic acids is 1. The molecular formula is C19H25NO3. The van der Waals surface area contributed by atoms with Crippen LogP contribution in [0.4, 0.5) is 0 Å². The molecule has 0 spiro atoms. The minimum atomic E-state index is -0.788. The summed E-state index contributed by atoms with van der Waals surface area (Å²) >= 11 is 0. The van der Waals surface area contributed by atoms with E-state index < -0.39 is 17.3 Å². The number of carbonyl (C=O) groups excluding carboxylic acids is 1. The molecule has 1 aromatic rings. The number of benzene rings is 1. The van der Waals surface area contributed by atoms with Gasteiger partial charge in [0.05, 0.1) is 11.3 Å². The number of nitrogens with zero attached hydrogens (tertiary/aromatic N) is 1. The maximum absolute atomic E-state index is 13.3. The van der Waals surface area contributed by atoms with Gasteiger partial charge in [0, 0.05) is 13.1 Å². The molecule has 0 aromatic heterocycles. The van der Waals surface area contributed by atoms with Gasteiger partial charge in [-0.1, -0.05) is 49.6 Å². The van der Waals surface area contributed by atoms with Crippen LogP contribution in [0, 0.1) is 18.8 Å². The Bertz CT molecular complexity index is 619. The van der Waals surface area contributed by atoms with E-state index in [1.807, 2.05) is 13.0 Å². The minimum absolute atomic E-state index is 0.0208. The zero-order chi connectivity index (χ0) is 16.6. The number of amides is 1. The Balaban J connectivity index is 1.90. The van der Waals surface area contributed by atoms with E-state index in [1.54, 1.807) is 4.90 Å². The number of carbonyl (C=O) groups is 2. The maximum Gasteiger partial charge on any atom is 0.308 e. The van der Waals surface area contributed by atoms with E-state index >= 15 is 0 Å². The number of aryl methyl sites for hydroxylation is 1. The SMILES string of the molecule is Cc1cccc(C2(C(=O)N3C[C@@H](C)[C@H](C(=O)O)C3)CCCC2)c1. The molecule has 1 N–H and O–H groups in total. The molecule has 1 saturated heterocycles. The summed E-state index contributed by atoms with van der Waals surface area (Å²) in [6.45, 7) is 4.89. The molecule has 1 aliphatic heterocycles. The van der Waals surface area contributed by atoms with Crippen LogP contribution in [0.1, 0.15) is 43.7 Å². The highest BCUT2D eigenvalue weighted by molar-refractivity contribution is 5.89. The number of rotatable bonds is 3. The number of hydrogen-bond acceptors (Lipinski definition) is 2. The lowest BCUT2D eigenvalue weighted by Crippen LogP contribution is -2.45. The van der Waals surface area contributed by atoms with E-state index in [-0.39, 0.29) is 11.8 Å². The summed E-state index contributed by atoms with van der Waals surface area (Å²) in [6.07, 6.45) is 3.87. The third kappa shape index (κ3) is 2.75. The fraction of sp³-hybridized carbons (Fsp3) is 0.579. The van der Waals surface area contributed by atoms with Gasteiger partial charge in [-0.15, -0.1) is 0 Å². The van der Waals surface area contributed by atoms with Crippen LogP contribution in [0.5, 0.6) is 0 Å². The Kier molecular flexibility index (Phi) is 4.17. The summed E-state index contributed by atoms with van der Waals surface area (Å²) in [5.74, 6) is -1.07. The number of likely N-dealkylation sites (tertiary alicyclic amines) is 1. The van der Waals surface area contributed by atoms with Gasteiger partial charge in [0.25, 0.3) is 0 Å². The van der Waals surface area contributed by atoms with Crippen LogP contribution < -0.4 is 0 Å². The monoisotopic (exact) mass is 315 g/mol. The summed E-state index contributed by atoms with van der Waals surface area (Å²) in [4.78, 5) is 26.5. The molecule has 1 aliphatic carbocycles. The highest BCUT2D eigenvalue weighted by Gasteiger charge is 2.48. The standard InChI is InChI=1S/C19H25NO3/c1-13-6-5-7-15(10-13)19(8-3-4-9-19)18(23)20-11-14(2)16(12-20)17(21)22/h5-7,10,14,16H,3-4,8-9,11-12H2,1-2H3,(H,21,22)/t14-,16-/m1/s1. The second-order valence-corrected chi connectivity index (χ2v) is 7.29. The van der Waals surface area contributed by atoms with E-state index in [4.69, 9.17) is 0 Å². The first-order valence-electron chi connectivity index (χ1n) is 8.53. The van der Waals surface area contributed by atoms with Crippen molar-refractivity contribution in [3.63, 3.8) is 0 Å². The second kappa shape index (κ2) is 5.99. The smallest absolute Gasteiger partial charge is 0.308 e. The molecule has 2 fully saturated rings. The van der Waals surface area contributed by atoms with Crippen LogP contribution in [0.2, 0.25) is 0 Å². The van der Waals surface area contributed by atoms with Gasteiger partial charge in [-0.05, 0) is 31.2 Å². The van der Waals surface area contributed by atoms with E-state index in [9.17, 15) is 14.7 Å². The van der Waals surface area contributed by atoms with Gasteiger partial charge in [-0.2, -0.15) is 0 Å². The summed E-state index contributed by atoms with van der Waals surface area (Å²) in [7, 11) is 0. The van der Waals surface area contributed by atoms with Crippen molar-refractivity contribution in [1.29, 1.82) is 0 Å². The third-order valence-electron chi connectivity index (χ3n) is 5.65. The van der Waals surface area contributed by atoms with Crippen LogP contribution in [-0.4, -0.2) is 35.0 Å². The van der Waals surface area contributed by atoms with Gasteiger partial charge in [0.2, 0.25) is 5.91 Å². The molecule has 0 unspecified atom stereocenters. The average molecular weight is 315 g/mol. The summed E-state index contributed by atoms with van der Waals surface area (Å²) in [6, 6.07) is 8.25. The predicted molar refractivity (Wildman–Crippen MR) is 88.2 cm³/mol. The topological polar surface area (TPSA) is 57.6 Å². The highest BCUT2D eigenvalue weighted by Crippen LogP contribution is 2.44. The molecule has 4 heteroatoms. The van der Waals surface area contributed by atoms with Gasteiger partial charge in [0.15, 0.2) is 0 Å². The lowest BCUT2D eigenvalue weighted by atomic mass is 9.77. The first-order chi connectivity index (χ1) is 10.9. The minimum Gasteiger partial charge on any atom is -0.481 e. The van der Waals surface area contributed by atoms with Crippen molar-refractivity contribution < 1.29 is 14.7 Å². The van der Waals surface area contributed by atoms with Crippen molar-refractivity contribution in [2.45, 2.75) is 44.9 Å². The molecule has 0 radical (unpaired) electrons. The number of aliphatic carboxylic acids is 1. The van der Waals surface area contributed by atoms with Crippen LogP contribution in [-0.2, 0) is 15.0 Å². The fourth-order valence-electron chi connectivity index (χ4n) is 4.30. The molecule has 0 bridgehead atoms. The van der Waals surface area contributed by atoms with Crippen molar-refractivity contribution in [3.8, 4) is 0 Å². The molecule has 4 nitrogen and oxygen atoms in total. The molecule has 23 heavy (non-hydrogen) atoms. The molecule has 2 aliphatic rings. The average Bonchev–Trinajstić information content (AvgIpc) is 3.14. The van der Waals surface area contributed by atoms with Gasteiger partial charge >= 0.3 is 5.97 Å². The Morgan fingerprint density at radius 2 is 1.91 bits per heavy atom. The van der Waals surface area contributed by atoms with Crippen LogP contribution in [0.25, 0.3) is 0 Å². The zero-order valence-corrected chi connectivity index (χ0v) is 13.9. The van der Waals surface area contributed by atoms with Crippen molar-refractivity contribution in [1.82, 2.24) is 4.90 Å². The summed E-state index contributed by atoms with van der Waals surface area (Å²) in [5, 5.41) is 9.33. The van der Waals surface area contributed by atoms with Crippen LogP contribution in [0.15, 0.2) is 24.3 Å². The highest BCUT2D eigenvalue weighted by atomic mass is 16.4. The Morgan fingerprint density at radius 1 is 1.22 bits per heavy atom. The molecule has 124 valence electrons. The van der Waals surface area contributed by atoms with Gasteiger partial charge in [-0.3, -0.25) is 9.59 Å². The first kappa shape index (κ1) is 16.0. The molecule has 1 amide bonds. The van der Waals surface area contributed by atoms with E-state index in [0.29, 0.717) is 13.1 Å². The van der Waals surface area contributed by atoms with E-state index in [0.717, 1.165) is 31.2 Å². The normalized spacial score (nSPS) is 26.4. The molecule has 1 saturated carbocycles. The maximum atomic E-state index is 13.3. The molecule has 1 heterocycles. The lowest BCUT2D eigenvalue weighted by Gasteiger charge is -2.33. The predicted octanol–water partition coefficient (Wildman–Crippen LogP) is 2.99. The molecule has 2 atom stereocenters. The second-order valence-electron chi connectivity index (χ2n) is 7.29. The van der Waals surface area contributed by atoms with E-state index in [2.05, 4.69) is 25.1 Å². The Labute approximate surface area is 137 Å². The molecular weight excluding hydrogens is 290 g/mol. The fourth-order valence-corrected chi connectivity index (χ4v) is 4.30. The Hall–Kier alpha value is -1.84. The van der Waals surface area contributed by atoms with Crippen molar-refractivity contribution in [3.05, 3.63) is 35.4 Å².